The monoisotopic (exact) mass is 248 g/mol. The van der Waals surface area contributed by atoms with E-state index in [1.807, 2.05) is 18.2 Å². The summed E-state index contributed by atoms with van der Waals surface area (Å²) in [5.41, 5.74) is 4.59. The molecule has 0 unspecified atom stereocenters. The smallest absolute Gasteiger partial charge is 0.216 e. The van der Waals surface area contributed by atoms with Crippen LogP contribution in [0.1, 0.15) is 25.8 Å². The van der Waals surface area contributed by atoms with Crippen LogP contribution >= 0.6 is 0 Å². The molecule has 1 N–H and O–H groups in total. The summed E-state index contributed by atoms with van der Waals surface area (Å²) in [5, 5.41) is 9.91. The van der Waals surface area contributed by atoms with Crippen LogP contribution in [0.4, 0.5) is 0 Å². The maximum atomic E-state index is 9.91. The predicted molar refractivity (Wildman–Crippen MR) is 73.4 cm³/mol. The van der Waals surface area contributed by atoms with Gasteiger partial charge >= 0.3 is 0 Å². The van der Waals surface area contributed by atoms with Crippen LogP contribution in [-0.2, 0) is 4.43 Å². The van der Waals surface area contributed by atoms with Crippen LogP contribution < -0.4 is 0 Å². The summed E-state index contributed by atoms with van der Waals surface area (Å²) in [6.07, 6.45) is 0.909. The Kier molecular flexibility index (Phi) is 3.69. The molecule has 3 heteroatoms. The Bertz CT molecular complexity index is 422. The molecule has 0 saturated carbocycles. The first-order chi connectivity index (χ1) is 8.21. The molecule has 2 nitrogen and oxygen atoms in total. The van der Waals surface area contributed by atoms with E-state index in [1.165, 1.54) is 5.57 Å². The highest BCUT2D eigenvalue weighted by Crippen LogP contribution is 2.34. The minimum atomic E-state index is -1.67. The van der Waals surface area contributed by atoms with Crippen LogP contribution in [-0.4, -0.2) is 20.0 Å². The summed E-state index contributed by atoms with van der Waals surface area (Å²) < 4.78 is 6.04. The molecule has 2 rings (SSSR count). The van der Waals surface area contributed by atoms with Crippen LogP contribution in [0.25, 0.3) is 5.57 Å². The summed E-state index contributed by atoms with van der Waals surface area (Å²) in [4.78, 5) is 0. The maximum Gasteiger partial charge on any atom is 0.216 e. The minimum Gasteiger partial charge on any atom is -0.507 e. The van der Waals surface area contributed by atoms with Crippen molar-refractivity contribution in [3.63, 3.8) is 0 Å². The Morgan fingerprint density at radius 2 is 1.94 bits per heavy atom. The molecule has 92 valence electrons. The molecule has 1 aromatic carbocycles. The highest BCUT2D eigenvalue weighted by Gasteiger charge is 2.32. The third kappa shape index (κ3) is 2.45. The van der Waals surface area contributed by atoms with Crippen molar-refractivity contribution >= 4 is 13.9 Å². The largest absolute Gasteiger partial charge is 0.507 e. The molecule has 0 radical (unpaired) electrons. The standard InChI is InChI=1S/C14H20O2Si/c1-3-17(4-2)11-12(9-10-16-17)13-7-5-6-8-14(13)15/h5-8,11,15H,3-4,9-10H2,1-2H3. The first kappa shape index (κ1) is 12.4. The zero-order valence-corrected chi connectivity index (χ0v) is 11.6. The van der Waals surface area contributed by atoms with Crippen LogP contribution in [0, 0.1) is 0 Å². The average molecular weight is 248 g/mol. The Morgan fingerprint density at radius 3 is 2.59 bits per heavy atom. The quantitative estimate of drug-likeness (QED) is 0.826. The normalized spacial score (nSPS) is 18.8. The number of phenols is 1. The van der Waals surface area contributed by atoms with E-state index in [9.17, 15) is 5.11 Å². The molecule has 1 aliphatic rings. The second-order valence-corrected chi connectivity index (χ2v) is 8.68. The summed E-state index contributed by atoms with van der Waals surface area (Å²) >= 11 is 0. The molecule has 0 atom stereocenters. The molecule has 0 spiro atoms. The molecule has 0 bridgehead atoms. The van der Waals surface area contributed by atoms with Crippen molar-refractivity contribution in [3.05, 3.63) is 35.5 Å². The molecule has 0 saturated heterocycles. The molecule has 0 aliphatic carbocycles. The van der Waals surface area contributed by atoms with E-state index in [2.05, 4.69) is 19.5 Å². The van der Waals surface area contributed by atoms with E-state index >= 15 is 0 Å². The number of rotatable bonds is 3. The van der Waals surface area contributed by atoms with Crippen molar-refractivity contribution in [2.75, 3.05) is 6.61 Å². The molecule has 1 aromatic rings. The molecule has 17 heavy (non-hydrogen) atoms. The lowest BCUT2D eigenvalue weighted by Gasteiger charge is -2.31. The molecular weight excluding hydrogens is 228 g/mol. The van der Waals surface area contributed by atoms with Gasteiger partial charge in [0.15, 0.2) is 0 Å². The van der Waals surface area contributed by atoms with E-state index < -0.39 is 8.32 Å². The van der Waals surface area contributed by atoms with Crippen molar-refractivity contribution in [1.29, 1.82) is 0 Å². The van der Waals surface area contributed by atoms with Crippen molar-refractivity contribution in [1.82, 2.24) is 0 Å². The highest BCUT2D eigenvalue weighted by atomic mass is 28.4. The lowest BCUT2D eigenvalue weighted by Crippen LogP contribution is -2.38. The zero-order chi connectivity index (χ0) is 12.3. The van der Waals surface area contributed by atoms with Crippen molar-refractivity contribution < 1.29 is 9.53 Å². The fourth-order valence-electron chi connectivity index (χ4n) is 2.41. The lowest BCUT2D eigenvalue weighted by molar-refractivity contribution is 0.310. The number of hydrogen-bond donors (Lipinski definition) is 1. The molecule has 0 aromatic heterocycles. The molecule has 0 fully saturated rings. The van der Waals surface area contributed by atoms with Gasteiger partial charge in [-0.3, -0.25) is 0 Å². The van der Waals surface area contributed by atoms with Gasteiger partial charge in [0, 0.05) is 12.2 Å². The van der Waals surface area contributed by atoms with Crippen molar-refractivity contribution in [3.8, 4) is 5.75 Å². The average Bonchev–Trinajstić information content (AvgIpc) is 2.39. The van der Waals surface area contributed by atoms with Gasteiger partial charge < -0.3 is 9.53 Å². The van der Waals surface area contributed by atoms with Gasteiger partial charge in [0.05, 0.1) is 0 Å². The number of phenolic OH excluding ortho intramolecular Hbond substituents is 1. The van der Waals surface area contributed by atoms with E-state index in [-0.39, 0.29) is 0 Å². The van der Waals surface area contributed by atoms with Gasteiger partial charge in [-0.05, 0) is 30.1 Å². The molecule has 1 heterocycles. The Hall–Kier alpha value is -1.06. The Morgan fingerprint density at radius 1 is 1.24 bits per heavy atom. The second kappa shape index (κ2) is 5.06. The van der Waals surface area contributed by atoms with Crippen molar-refractivity contribution in [2.24, 2.45) is 0 Å². The molecule has 1 aliphatic heterocycles. The summed E-state index contributed by atoms with van der Waals surface area (Å²) in [5.74, 6) is 0.385. The highest BCUT2D eigenvalue weighted by molar-refractivity contribution is 6.79. The Balaban J connectivity index is 2.39. The van der Waals surface area contributed by atoms with Gasteiger partial charge in [-0.25, -0.2) is 0 Å². The van der Waals surface area contributed by atoms with Gasteiger partial charge in [0.1, 0.15) is 5.75 Å². The second-order valence-electron chi connectivity index (χ2n) is 4.56. The van der Waals surface area contributed by atoms with Gasteiger partial charge in [0.25, 0.3) is 0 Å². The summed E-state index contributed by atoms with van der Waals surface area (Å²) in [6, 6.07) is 9.82. The predicted octanol–water partition coefficient (Wildman–Crippen LogP) is 3.72. The van der Waals surface area contributed by atoms with Crippen LogP contribution in [0.15, 0.2) is 30.0 Å². The topological polar surface area (TPSA) is 29.5 Å². The van der Waals surface area contributed by atoms with Gasteiger partial charge in [-0.15, -0.1) is 0 Å². The number of aromatic hydroxyl groups is 1. The van der Waals surface area contributed by atoms with Crippen LogP contribution in [0.5, 0.6) is 5.75 Å². The lowest BCUT2D eigenvalue weighted by atomic mass is 10.0. The van der Waals surface area contributed by atoms with E-state index in [4.69, 9.17) is 4.43 Å². The third-order valence-corrected chi connectivity index (χ3v) is 7.69. The van der Waals surface area contributed by atoms with Gasteiger partial charge in [0.2, 0.25) is 8.32 Å². The van der Waals surface area contributed by atoms with Gasteiger partial charge in [-0.2, -0.15) is 0 Å². The summed E-state index contributed by atoms with van der Waals surface area (Å²) in [6.45, 7) is 5.22. The first-order valence-electron chi connectivity index (χ1n) is 6.35. The summed E-state index contributed by atoms with van der Waals surface area (Å²) in [7, 11) is -1.67. The van der Waals surface area contributed by atoms with Crippen molar-refractivity contribution in [2.45, 2.75) is 32.4 Å². The van der Waals surface area contributed by atoms with E-state index in [0.29, 0.717) is 5.75 Å². The molecule has 0 amide bonds. The first-order valence-corrected chi connectivity index (χ1v) is 8.75. The van der Waals surface area contributed by atoms with Crippen LogP contribution in [0.3, 0.4) is 0 Å². The number of para-hydroxylation sites is 1. The fourth-order valence-corrected chi connectivity index (χ4v) is 5.25. The van der Waals surface area contributed by atoms with Crippen LogP contribution in [0.2, 0.25) is 12.1 Å². The minimum absolute atomic E-state index is 0.385. The van der Waals surface area contributed by atoms with E-state index in [0.717, 1.165) is 30.7 Å². The number of benzene rings is 1. The Labute approximate surface area is 104 Å². The fraction of sp³-hybridized carbons (Fsp3) is 0.429. The SMILES string of the molecule is CC[Si]1(CC)C=C(c2ccccc2O)CCO1. The van der Waals surface area contributed by atoms with Gasteiger partial charge in [-0.1, -0.05) is 37.7 Å². The number of hydrogen-bond acceptors (Lipinski definition) is 2. The third-order valence-electron chi connectivity index (χ3n) is 3.65. The zero-order valence-electron chi connectivity index (χ0n) is 10.6. The molecular formula is C14H20O2Si. The maximum absolute atomic E-state index is 9.91. The van der Waals surface area contributed by atoms with E-state index in [1.54, 1.807) is 6.07 Å².